The van der Waals surface area contributed by atoms with E-state index in [0.717, 1.165) is 21.6 Å². The van der Waals surface area contributed by atoms with E-state index in [4.69, 9.17) is 9.72 Å². The zero-order valence-corrected chi connectivity index (χ0v) is 14.8. The van der Waals surface area contributed by atoms with E-state index in [1.807, 2.05) is 42.1 Å². The van der Waals surface area contributed by atoms with Crippen LogP contribution in [0.3, 0.4) is 0 Å². The van der Waals surface area contributed by atoms with Crippen LogP contribution < -0.4 is 5.32 Å². The Labute approximate surface area is 144 Å². The lowest BCUT2D eigenvalue weighted by molar-refractivity contribution is 0.0907. The summed E-state index contributed by atoms with van der Waals surface area (Å²) in [5.74, 6) is -0.139. The van der Waals surface area contributed by atoms with Gasteiger partial charge in [0.2, 0.25) is 0 Å². The van der Waals surface area contributed by atoms with Crippen molar-refractivity contribution in [1.29, 1.82) is 0 Å². The summed E-state index contributed by atoms with van der Waals surface area (Å²) in [6.45, 7) is 5.08. The Morgan fingerprint density at radius 3 is 3.00 bits per heavy atom. The molecule has 1 unspecified atom stereocenters. The zero-order chi connectivity index (χ0) is 17.1. The second-order valence-electron chi connectivity index (χ2n) is 5.56. The van der Waals surface area contributed by atoms with Crippen LogP contribution in [0.5, 0.6) is 0 Å². The standard InChI is InChI=1S/C17H20N4O2S/c1-4-21-16-13(9-18-21)12(17(22)19-11(2)10-23-3)8-14(20-16)15-6-5-7-24-15/h5-9,11H,4,10H2,1-3H3,(H,19,22). The van der Waals surface area contributed by atoms with Gasteiger partial charge in [0.05, 0.1) is 34.3 Å². The monoisotopic (exact) mass is 344 g/mol. The first-order chi connectivity index (χ1) is 11.6. The first kappa shape index (κ1) is 16.6. The number of methoxy groups -OCH3 is 1. The van der Waals surface area contributed by atoms with E-state index in [9.17, 15) is 4.79 Å². The maximum absolute atomic E-state index is 12.7. The summed E-state index contributed by atoms with van der Waals surface area (Å²) in [7, 11) is 1.62. The van der Waals surface area contributed by atoms with Crippen LogP contribution in [0.25, 0.3) is 21.6 Å². The topological polar surface area (TPSA) is 69.0 Å². The van der Waals surface area contributed by atoms with Crippen molar-refractivity contribution >= 4 is 28.3 Å². The molecule has 0 fully saturated rings. The average Bonchev–Trinajstić information content (AvgIpc) is 3.23. The molecule has 7 heteroatoms. The number of carbonyl (C=O) groups excluding carboxylic acids is 1. The zero-order valence-electron chi connectivity index (χ0n) is 13.9. The lowest BCUT2D eigenvalue weighted by atomic mass is 10.1. The number of hydrogen-bond acceptors (Lipinski definition) is 5. The highest BCUT2D eigenvalue weighted by atomic mass is 32.1. The van der Waals surface area contributed by atoms with Gasteiger partial charge in [-0.3, -0.25) is 4.79 Å². The Bertz CT molecular complexity index is 842. The Hall–Kier alpha value is -2.25. The molecule has 3 heterocycles. The van der Waals surface area contributed by atoms with Gasteiger partial charge in [0.1, 0.15) is 0 Å². The van der Waals surface area contributed by atoms with E-state index < -0.39 is 0 Å². The summed E-state index contributed by atoms with van der Waals surface area (Å²) in [4.78, 5) is 18.5. The van der Waals surface area contributed by atoms with Crippen LogP contribution >= 0.6 is 11.3 Å². The Kier molecular flexibility index (Phi) is 4.92. The summed E-state index contributed by atoms with van der Waals surface area (Å²) in [6.07, 6.45) is 1.71. The number of nitrogens with zero attached hydrogens (tertiary/aromatic N) is 3. The third kappa shape index (κ3) is 3.18. The van der Waals surface area contributed by atoms with Gasteiger partial charge in [-0.1, -0.05) is 6.07 Å². The number of aryl methyl sites for hydroxylation is 1. The molecule has 0 spiro atoms. The predicted molar refractivity (Wildman–Crippen MR) is 95.3 cm³/mol. The molecule has 0 saturated heterocycles. The van der Waals surface area contributed by atoms with Gasteiger partial charge < -0.3 is 10.1 Å². The number of ether oxygens (including phenoxy) is 1. The van der Waals surface area contributed by atoms with Crippen LogP contribution in [0.2, 0.25) is 0 Å². The van der Waals surface area contributed by atoms with E-state index in [1.54, 1.807) is 24.6 Å². The molecule has 0 bridgehead atoms. The van der Waals surface area contributed by atoms with Crippen LogP contribution in [0.1, 0.15) is 24.2 Å². The molecule has 0 aromatic carbocycles. The Morgan fingerprint density at radius 1 is 1.50 bits per heavy atom. The van der Waals surface area contributed by atoms with Crippen molar-refractivity contribution < 1.29 is 9.53 Å². The quantitative estimate of drug-likeness (QED) is 0.746. The molecule has 0 aliphatic rings. The molecule has 6 nitrogen and oxygen atoms in total. The number of thiophene rings is 1. The molecule has 1 atom stereocenters. The number of pyridine rings is 1. The van der Waals surface area contributed by atoms with Crippen molar-refractivity contribution in [2.45, 2.75) is 26.4 Å². The fourth-order valence-corrected chi connectivity index (χ4v) is 3.30. The van der Waals surface area contributed by atoms with Crippen molar-refractivity contribution in [2.24, 2.45) is 0 Å². The van der Waals surface area contributed by atoms with Crippen LogP contribution in [-0.4, -0.2) is 40.4 Å². The SMILES string of the molecule is CCn1ncc2c(C(=O)NC(C)COC)cc(-c3cccs3)nc21. The smallest absolute Gasteiger partial charge is 0.252 e. The third-order valence-corrected chi connectivity index (χ3v) is 4.61. The summed E-state index contributed by atoms with van der Waals surface area (Å²) >= 11 is 1.60. The second kappa shape index (κ2) is 7.11. The molecule has 0 aliphatic carbocycles. The first-order valence-electron chi connectivity index (χ1n) is 7.84. The third-order valence-electron chi connectivity index (χ3n) is 3.72. The lowest BCUT2D eigenvalue weighted by Crippen LogP contribution is -2.35. The number of aromatic nitrogens is 3. The van der Waals surface area contributed by atoms with E-state index in [0.29, 0.717) is 18.7 Å². The minimum Gasteiger partial charge on any atom is -0.383 e. The second-order valence-corrected chi connectivity index (χ2v) is 6.51. The molecule has 0 saturated carbocycles. The number of carbonyl (C=O) groups is 1. The minimum atomic E-state index is -0.139. The molecule has 1 amide bonds. The molecule has 24 heavy (non-hydrogen) atoms. The summed E-state index contributed by atoms with van der Waals surface area (Å²) in [5.41, 5.74) is 2.11. The number of nitrogens with one attached hydrogen (secondary N) is 1. The van der Waals surface area contributed by atoms with Crippen molar-refractivity contribution in [2.75, 3.05) is 13.7 Å². The van der Waals surface area contributed by atoms with Gasteiger partial charge in [-0.05, 0) is 31.4 Å². The van der Waals surface area contributed by atoms with Gasteiger partial charge in [-0.25, -0.2) is 9.67 Å². The van der Waals surface area contributed by atoms with Crippen molar-refractivity contribution in [1.82, 2.24) is 20.1 Å². The Morgan fingerprint density at radius 2 is 2.33 bits per heavy atom. The molecule has 3 aromatic heterocycles. The fourth-order valence-electron chi connectivity index (χ4n) is 2.61. The van der Waals surface area contributed by atoms with Crippen molar-refractivity contribution in [3.05, 3.63) is 35.3 Å². The molecule has 3 rings (SSSR count). The average molecular weight is 344 g/mol. The maximum Gasteiger partial charge on any atom is 0.252 e. The van der Waals surface area contributed by atoms with Crippen LogP contribution in [-0.2, 0) is 11.3 Å². The fraction of sp³-hybridized carbons (Fsp3) is 0.353. The van der Waals surface area contributed by atoms with Gasteiger partial charge in [0, 0.05) is 19.7 Å². The highest BCUT2D eigenvalue weighted by molar-refractivity contribution is 7.13. The number of rotatable bonds is 6. The van der Waals surface area contributed by atoms with Crippen molar-refractivity contribution in [3.63, 3.8) is 0 Å². The number of amides is 1. The lowest BCUT2D eigenvalue weighted by Gasteiger charge is -2.13. The summed E-state index contributed by atoms with van der Waals surface area (Å²) < 4.78 is 6.90. The van der Waals surface area contributed by atoms with E-state index in [2.05, 4.69) is 10.4 Å². The molecule has 3 aromatic rings. The highest BCUT2D eigenvalue weighted by Crippen LogP contribution is 2.28. The highest BCUT2D eigenvalue weighted by Gasteiger charge is 2.18. The maximum atomic E-state index is 12.7. The largest absolute Gasteiger partial charge is 0.383 e. The molecule has 126 valence electrons. The number of hydrogen-bond donors (Lipinski definition) is 1. The molecular weight excluding hydrogens is 324 g/mol. The normalized spacial score (nSPS) is 12.5. The minimum absolute atomic E-state index is 0.0721. The van der Waals surface area contributed by atoms with Crippen LogP contribution in [0, 0.1) is 0 Å². The molecule has 0 radical (unpaired) electrons. The first-order valence-corrected chi connectivity index (χ1v) is 8.72. The van der Waals surface area contributed by atoms with E-state index in [-0.39, 0.29) is 11.9 Å². The van der Waals surface area contributed by atoms with E-state index >= 15 is 0 Å². The predicted octanol–water partition coefficient (Wildman–Crippen LogP) is 2.94. The van der Waals surface area contributed by atoms with Gasteiger partial charge in [0.25, 0.3) is 5.91 Å². The van der Waals surface area contributed by atoms with E-state index in [1.165, 1.54) is 0 Å². The summed E-state index contributed by atoms with van der Waals surface area (Å²) in [6, 6.07) is 5.74. The molecule has 1 N–H and O–H groups in total. The van der Waals surface area contributed by atoms with Crippen LogP contribution in [0.4, 0.5) is 0 Å². The molecule has 0 aliphatic heterocycles. The van der Waals surface area contributed by atoms with Gasteiger partial charge in [-0.2, -0.15) is 5.10 Å². The molecular formula is C17H20N4O2S. The van der Waals surface area contributed by atoms with Crippen molar-refractivity contribution in [3.8, 4) is 10.6 Å². The summed E-state index contributed by atoms with van der Waals surface area (Å²) in [5, 5.41) is 10.1. The van der Waals surface area contributed by atoms with Gasteiger partial charge in [-0.15, -0.1) is 11.3 Å². The van der Waals surface area contributed by atoms with Crippen LogP contribution in [0.15, 0.2) is 29.8 Å². The Balaban J connectivity index is 2.08. The van der Waals surface area contributed by atoms with Gasteiger partial charge >= 0.3 is 0 Å². The number of fused-ring (bicyclic) bond motifs is 1. The van der Waals surface area contributed by atoms with Gasteiger partial charge in [0.15, 0.2) is 5.65 Å².